The number of piperazine rings is 1. The van der Waals surface area contributed by atoms with Crippen LogP contribution in [0.4, 0.5) is 0 Å². The van der Waals surface area contributed by atoms with E-state index >= 15 is 0 Å². The van der Waals surface area contributed by atoms with Crippen molar-refractivity contribution in [3.63, 3.8) is 0 Å². The molecule has 0 radical (unpaired) electrons. The minimum atomic E-state index is 0. The Bertz CT molecular complexity index is 728. The predicted octanol–water partition coefficient (Wildman–Crippen LogP) is 2.97. The number of halogens is 1. The van der Waals surface area contributed by atoms with Gasteiger partial charge >= 0.3 is 0 Å². The summed E-state index contributed by atoms with van der Waals surface area (Å²) < 4.78 is 10.7. The molecule has 1 aromatic carbocycles. The van der Waals surface area contributed by atoms with Crippen molar-refractivity contribution in [1.82, 2.24) is 20.3 Å². The molecule has 2 aromatic rings. The van der Waals surface area contributed by atoms with Gasteiger partial charge in [-0.15, -0.1) is 24.0 Å². The third-order valence-electron chi connectivity index (χ3n) is 4.48. The van der Waals surface area contributed by atoms with E-state index in [-0.39, 0.29) is 30.1 Å². The fraction of sp³-hybridized carbons (Fsp3) is 0.500. The highest BCUT2D eigenvalue weighted by Gasteiger charge is 2.20. The van der Waals surface area contributed by atoms with Crippen LogP contribution in [0.1, 0.15) is 25.1 Å². The molecule has 0 saturated carbocycles. The predicted molar refractivity (Wildman–Crippen MR) is 121 cm³/mol. The summed E-state index contributed by atoms with van der Waals surface area (Å²) in [7, 11) is 1.84. The van der Waals surface area contributed by atoms with Crippen LogP contribution >= 0.6 is 24.0 Å². The SMILES string of the molecule is CN=C(NCc1cccc(OC(C)C)c1)N1CCN(Cc2ccon2)CC1.I. The van der Waals surface area contributed by atoms with Gasteiger partial charge in [0.05, 0.1) is 11.8 Å². The van der Waals surface area contributed by atoms with E-state index in [1.807, 2.05) is 39.1 Å². The molecule has 8 heteroatoms. The number of aliphatic imine (C=N–C) groups is 1. The Labute approximate surface area is 184 Å². The van der Waals surface area contributed by atoms with E-state index in [0.29, 0.717) is 0 Å². The molecule has 0 bridgehead atoms. The number of hydrogen-bond donors (Lipinski definition) is 1. The Morgan fingerprint density at radius 3 is 2.68 bits per heavy atom. The van der Waals surface area contributed by atoms with Gasteiger partial charge < -0.3 is 19.5 Å². The van der Waals surface area contributed by atoms with Crippen LogP contribution in [-0.2, 0) is 13.1 Å². The van der Waals surface area contributed by atoms with Crippen molar-refractivity contribution in [2.24, 2.45) is 4.99 Å². The average Bonchev–Trinajstić information content (AvgIpc) is 3.16. The molecule has 1 saturated heterocycles. The molecule has 1 fully saturated rings. The molecule has 154 valence electrons. The normalized spacial score (nSPS) is 15.4. The molecule has 0 atom stereocenters. The third-order valence-corrected chi connectivity index (χ3v) is 4.48. The summed E-state index contributed by atoms with van der Waals surface area (Å²) >= 11 is 0. The number of rotatable bonds is 6. The molecular weight excluding hydrogens is 469 g/mol. The van der Waals surface area contributed by atoms with E-state index in [2.05, 4.69) is 37.4 Å². The molecule has 1 aliphatic rings. The Morgan fingerprint density at radius 1 is 1.25 bits per heavy atom. The highest BCUT2D eigenvalue weighted by atomic mass is 127. The largest absolute Gasteiger partial charge is 0.491 e. The highest BCUT2D eigenvalue weighted by molar-refractivity contribution is 14.0. The van der Waals surface area contributed by atoms with Crippen molar-refractivity contribution in [1.29, 1.82) is 0 Å². The first-order chi connectivity index (χ1) is 13.1. The van der Waals surface area contributed by atoms with Gasteiger partial charge in [0.2, 0.25) is 0 Å². The number of ether oxygens (including phenoxy) is 1. The minimum Gasteiger partial charge on any atom is -0.491 e. The van der Waals surface area contributed by atoms with Crippen molar-refractivity contribution >= 4 is 29.9 Å². The maximum Gasteiger partial charge on any atom is 0.194 e. The smallest absolute Gasteiger partial charge is 0.194 e. The second-order valence-corrected chi connectivity index (χ2v) is 6.97. The zero-order valence-corrected chi connectivity index (χ0v) is 19.1. The number of nitrogens with one attached hydrogen (secondary N) is 1. The molecule has 1 aliphatic heterocycles. The highest BCUT2D eigenvalue weighted by Crippen LogP contribution is 2.15. The Morgan fingerprint density at radius 2 is 2.04 bits per heavy atom. The van der Waals surface area contributed by atoms with Gasteiger partial charge in [-0.25, -0.2) is 0 Å². The van der Waals surface area contributed by atoms with E-state index in [4.69, 9.17) is 9.26 Å². The first-order valence-electron chi connectivity index (χ1n) is 9.47. The van der Waals surface area contributed by atoms with Crippen LogP contribution in [0.15, 0.2) is 46.1 Å². The molecule has 0 spiro atoms. The Balaban J connectivity index is 0.00000280. The summed E-state index contributed by atoms with van der Waals surface area (Å²) in [5.41, 5.74) is 2.16. The fourth-order valence-electron chi connectivity index (χ4n) is 3.18. The summed E-state index contributed by atoms with van der Waals surface area (Å²) in [4.78, 5) is 9.14. The molecule has 28 heavy (non-hydrogen) atoms. The van der Waals surface area contributed by atoms with E-state index < -0.39 is 0 Å². The standard InChI is InChI=1S/C20H29N5O2.HI/c1-16(2)27-19-6-4-5-17(13-19)14-22-20(21-3)25-10-8-24(9-11-25)15-18-7-12-26-23-18;/h4-7,12-13,16H,8-11,14-15H2,1-3H3,(H,21,22);1H. The summed E-state index contributed by atoms with van der Waals surface area (Å²) in [6.07, 6.45) is 1.80. The van der Waals surface area contributed by atoms with Gasteiger partial charge in [-0.05, 0) is 31.5 Å². The average molecular weight is 499 g/mol. The molecule has 1 N–H and O–H groups in total. The van der Waals surface area contributed by atoms with Gasteiger partial charge in [0.25, 0.3) is 0 Å². The summed E-state index contributed by atoms with van der Waals surface area (Å²) in [6, 6.07) is 10.1. The first-order valence-corrected chi connectivity index (χ1v) is 9.47. The van der Waals surface area contributed by atoms with Crippen LogP contribution in [0.25, 0.3) is 0 Å². The number of guanidine groups is 1. The van der Waals surface area contributed by atoms with Crippen molar-refractivity contribution in [3.05, 3.63) is 47.9 Å². The van der Waals surface area contributed by atoms with Crippen molar-refractivity contribution in [2.45, 2.75) is 33.0 Å². The topological polar surface area (TPSA) is 66.1 Å². The van der Waals surface area contributed by atoms with E-state index in [0.717, 1.165) is 56.7 Å². The van der Waals surface area contributed by atoms with Crippen LogP contribution in [0.3, 0.4) is 0 Å². The van der Waals surface area contributed by atoms with Crippen LogP contribution in [0.2, 0.25) is 0 Å². The van der Waals surface area contributed by atoms with E-state index in [1.165, 1.54) is 5.56 Å². The lowest BCUT2D eigenvalue weighted by molar-refractivity contribution is 0.169. The second kappa shape index (κ2) is 11.3. The van der Waals surface area contributed by atoms with E-state index in [1.54, 1.807) is 6.26 Å². The van der Waals surface area contributed by atoms with Crippen LogP contribution in [-0.4, -0.2) is 60.2 Å². The molecule has 1 aromatic heterocycles. The van der Waals surface area contributed by atoms with Gasteiger partial charge in [-0.2, -0.15) is 0 Å². The quantitative estimate of drug-likeness (QED) is 0.375. The van der Waals surface area contributed by atoms with Gasteiger partial charge in [-0.3, -0.25) is 9.89 Å². The summed E-state index contributed by atoms with van der Waals surface area (Å²) in [5, 5.41) is 7.46. The van der Waals surface area contributed by atoms with Crippen LogP contribution in [0, 0.1) is 0 Å². The monoisotopic (exact) mass is 499 g/mol. The molecular formula is C20H30IN5O2. The molecule has 2 heterocycles. The second-order valence-electron chi connectivity index (χ2n) is 6.97. The lowest BCUT2D eigenvalue weighted by Crippen LogP contribution is -2.52. The maximum absolute atomic E-state index is 5.77. The molecule has 0 amide bonds. The Kier molecular flexibility index (Phi) is 9.04. The van der Waals surface area contributed by atoms with Crippen LogP contribution < -0.4 is 10.1 Å². The fourth-order valence-corrected chi connectivity index (χ4v) is 3.18. The van der Waals surface area contributed by atoms with Crippen molar-refractivity contribution in [3.8, 4) is 5.75 Å². The third kappa shape index (κ3) is 6.66. The molecule has 3 rings (SSSR count). The maximum atomic E-state index is 5.77. The molecule has 7 nitrogen and oxygen atoms in total. The van der Waals surface area contributed by atoms with E-state index in [9.17, 15) is 0 Å². The van der Waals surface area contributed by atoms with Gasteiger partial charge in [0, 0.05) is 52.4 Å². The number of benzene rings is 1. The first kappa shape index (κ1) is 22.5. The number of nitrogens with zero attached hydrogens (tertiary/aromatic N) is 4. The lowest BCUT2D eigenvalue weighted by atomic mass is 10.2. The number of hydrogen-bond acceptors (Lipinski definition) is 5. The number of aromatic nitrogens is 1. The summed E-state index contributed by atoms with van der Waals surface area (Å²) in [5.74, 6) is 1.84. The Hall–Kier alpha value is -1.81. The molecule has 0 unspecified atom stereocenters. The van der Waals surface area contributed by atoms with Crippen molar-refractivity contribution in [2.75, 3.05) is 33.2 Å². The lowest BCUT2D eigenvalue weighted by Gasteiger charge is -2.36. The molecule has 0 aliphatic carbocycles. The summed E-state index contributed by atoms with van der Waals surface area (Å²) in [6.45, 7) is 9.46. The van der Waals surface area contributed by atoms with Gasteiger partial charge in [-0.1, -0.05) is 17.3 Å². The van der Waals surface area contributed by atoms with Crippen LogP contribution in [0.5, 0.6) is 5.75 Å². The van der Waals surface area contributed by atoms with Crippen molar-refractivity contribution < 1.29 is 9.26 Å². The van der Waals surface area contributed by atoms with Gasteiger partial charge in [0.1, 0.15) is 12.0 Å². The zero-order valence-electron chi connectivity index (χ0n) is 16.8. The minimum absolute atomic E-state index is 0. The van der Waals surface area contributed by atoms with Gasteiger partial charge in [0.15, 0.2) is 5.96 Å². The zero-order chi connectivity index (χ0) is 19.1.